The number of benzene rings is 2. The van der Waals surface area contributed by atoms with E-state index in [1.54, 1.807) is 18.4 Å². The molecule has 0 aliphatic carbocycles. The number of aryl methyl sites for hydroxylation is 1. The second-order valence-corrected chi connectivity index (χ2v) is 6.25. The number of ether oxygens (including phenoxy) is 1. The number of aromatic nitrogens is 1. The summed E-state index contributed by atoms with van der Waals surface area (Å²) in [6, 6.07) is 14.2. The number of fused-ring (bicyclic) bond motifs is 1. The minimum Gasteiger partial charge on any atom is -0.496 e. The molecule has 4 heteroatoms. The van der Waals surface area contributed by atoms with Crippen LogP contribution in [0.25, 0.3) is 10.2 Å². The van der Waals surface area contributed by atoms with E-state index in [1.807, 2.05) is 30.3 Å². The average molecular weight is 298 g/mol. The zero-order valence-electron chi connectivity index (χ0n) is 12.2. The van der Waals surface area contributed by atoms with Crippen molar-refractivity contribution in [3.63, 3.8) is 0 Å². The highest BCUT2D eigenvalue weighted by Crippen LogP contribution is 2.29. The van der Waals surface area contributed by atoms with Crippen LogP contribution in [0.5, 0.6) is 5.75 Å². The first-order chi connectivity index (χ1) is 10.2. The maximum atomic E-state index is 6.38. The summed E-state index contributed by atoms with van der Waals surface area (Å²) in [4.78, 5) is 4.65. The average Bonchev–Trinajstić information content (AvgIpc) is 2.89. The number of hydrogen-bond acceptors (Lipinski definition) is 4. The van der Waals surface area contributed by atoms with Gasteiger partial charge < -0.3 is 10.5 Å². The van der Waals surface area contributed by atoms with Crippen LogP contribution in [-0.2, 0) is 6.42 Å². The van der Waals surface area contributed by atoms with Crippen molar-refractivity contribution in [2.24, 2.45) is 5.73 Å². The lowest BCUT2D eigenvalue weighted by Crippen LogP contribution is -2.14. The lowest BCUT2D eigenvalue weighted by molar-refractivity contribution is 0.405. The van der Waals surface area contributed by atoms with Gasteiger partial charge in [0.05, 0.1) is 22.3 Å². The lowest BCUT2D eigenvalue weighted by atomic mass is 10.0. The normalized spacial score (nSPS) is 12.5. The van der Waals surface area contributed by atoms with Crippen LogP contribution in [0.4, 0.5) is 0 Å². The maximum absolute atomic E-state index is 6.38. The molecule has 3 nitrogen and oxygen atoms in total. The molecule has 1 aromatic heterocycles. The maximum Gasteiger partial charge on any atom is 0.123 e. The van der Waals surface area contributed by atoms with E-state index in [4.69, 9.17) is 10.5 Å². The summed E-state index contributed by atoms with van der Waals surface area (Å²) in [5, 5.41) is 1.06. The molecular weight excluding hydrogens is 280 g/mol. The van der Waals surface area contributed by atoms with Crippen molar-refractivity contribution in [2.75, 3.05) is 7.11 Å². The highest BCUT2D eigenvalue weighted by Gasteiger charge is 2.15. The van der Waals surface area contributed by atoms with E-state index in [0.717, 1.165) is 28.3 Å². The van der Waals surface area contributed by atoms with Gasteiger partial charge in [-0.3, -0.25) is 0 Å². The van der Waals surface area contributed by atoms with Crippen LogP contribution >= 0.6 is 11.3 Å². The molecule has 0 aliphatic rings. The number of nitrogens with zero attached hydrogens (tertiary/aromatic N) is 1. The molecule has 0 spiro atoms. The van der Waals surface area contributed by atoms with Gasteiger partial charge in [-0.1, -0.05) is 29.8 Å². The molecule has 2 aromatic carbocycles. The summed E-state index contributed by atoms with van der Waals surface area (Å²) >= 11 is 1.71. The van der Waals surface area contributed by atoms with Crippen LogP contribution in [0.3, 0.4) is 0 Å². The molecule has 0 saturated carbocycles. The second-order valence-electron chi connectivity index (χ2n) is 5.13. The van der Waals surface area contributed by atoms with Crippen LogP contribution in [0.1, 0.15) is 22.2 Å². The first-order valence-electron chi connectivity index (χ1n) is 6.92. The quantitative estimate of drug-likeness (QED) is 0.795. The zero-order valence-corrected chi connectivity index (χ0v) is 13.0. The highest BCUT2D eigenvalue weighted by molar-refractivity contribution is 7.18. The first kappa shape index (κ1) is 14.0. The van der Waals surface area contributed by atoms with Gasteiger partial charge >= 0.3 is 0 Å². The van der Waals surface area contributed by atoms with E-state index < -0.39 is 0 Å². The summed E-state index contributed by atoms with van der Waals surface area (Å²) < 4.78 is 6.63. The van der Waals surface area contributed by atoms with Crippen LogP contribution in [0.15, 0.2) is 42.5 Å². The Balaban J connectivity index is 1.88. The van der Waals surface area contributed by atoms with Gasteiger partial charge in [0.2, 0.25) is 0 Å². The van der Waals surface area contributed by atoms with Crippen molar-refractivity contribution in [2.45, 2.75) is 19.4 Å². The number of rotatable bonds is 4. The van der Waals surface area contributed by atoms with Gasteiger partial charge in [0.25, 0.3) is 0 Å². The van der Waals surface area contributed by atoms with Gasteiger partial charge in [0, 0.05) is 18.0 Å². The molecule has 1 unspecified atom stereocenters. The monoisotopic (exact) mass is 298 g/mol. The Morgan fingerprint density at radius 1 is 1.24 bits per heavy atom. The Kier molecular flexibility index (Phi) is 3.90. The third kappa shape index (κ3) is 2.91. The van der Waals surface area contributed by atoms with Crippen molar-refractivity contribution in [1.82, 2.24) is 4.98 Å². The van der Waals surface area contributed by atoms with Crippen molar-refractivity contribution in [1.29, 1.82) is 0 Å². The summed E-state index contributed by atoms with van der Waals surface area (Å²) in [7, 11) is 1.68. The fourth-order valence-electron chi connectivity index (χ4n) is 2.45. The molecule has 0 fully saturated rings. The molecule has 0 saturated heterocycles. The topological polar surface area (TPSA) is 48.1 Å². The van der Waals surface area contributed by atoms with Crippen LogP contribution in [-0.4, -0.2) is 12.1 Å². The fourth-order valence-corrected chi connectivity index (χ4v) is 3.47. The third-order valence-corrected chi connectivity index (χ3v) is 4.58. The predicted molar refractivity (Wildman–Crippen MR) is 88.0 cm³/mol. The molecular formula is C17H18N2OS. The summed E-state index contributed by atoms with van der Waals surface area (Å²) in [5.74, 6) is 0.842. The number of para-hydroxylation sites is 1. The smallest absolute Gasteiger partial charge is 0.123 e. The van der Waals surface area contributed by atoms with E-state index >= 15 is 0 Å². The van der Waals surface area contributed by atoms with Gasteiger partial charge in [-0.25, -0.2) is 4.98 Å². The SMILES string of the molecule is COc1ccc(C)cc1C(N)Cc1nc2ccccc2s1. The van der Waals surface area contributed by atoms with E-state index in [2.05, 4.69) is 24.0 Å². The van der Waals surface area contributed by atoms with Crippen molar-refractivity contribution in [3.8, 4) is 5.75 Å². The van der Waals surface area contributed by atoms with Crippen molar-refractivity contribution in [3.05, 3.63) is 58.6 Å². The van der Waals surface area contributed by atoms with Crippen molar-refractivity contribution >= 4 is 21.6 Å². The highest BCUT2D eigenvalue weighted by atomic mass is 32.1. The van der Waals surface area contributed by atoms with E-state index in [9.17, 15) is 0 Å². The Hall–Kier alpha value is -1.91. The molecule has 0 aliphatic heterocycles. The Morgan fingerprint density at radius 3 is 2.81 bits per heavy atom. The van der Waals surface area contributed by atoms with Gasteiger partial charge in [-0.2, -0.15) is 0 Å². The van der Waals surface area contributed by atoms with Gasteiger partial charge in [0.15, 0.2) is 0 Å². The molecule has 3 aromatic rings. The summed E-state index contributed by atoms with van der Waals surface area (Å²) in [5.41, 5.74) is 9.65. The molecule has 1 heterocycles. The molecule has 0 radical (unpaired) electrons. The fraction of sp³-hybridized carbons (Fsp3) is 0.235. The zero-order chi connectivity index (χ0) is 14.8. The largest absolute Gasteiger partial charge is 0.496 e. The molecule has 1 atom stereocenters. The van der Waals surface area contributed by atoms with E-state index in [0.29, 0.717) is 0 Å². The van der Waals surface area contributed by atoms with Crippen LogP contribution < -0.4 is 10.5 Å². The summed E-state index contributed by atoms with van der Waals surface area (Å²) in [6.45, 7) is 2.06. The molecule has 2 N–H and O–H groups in total. The standard InChI is InChI=1S/C17H18N2OS/c1-11-7-8-15(20-2)12(9-11)13(18)10-17-19-14-5-3-4-6-16(14)21-17/h3-9,13H,10,18H2,1-2H3. The number of methoxy groups -OCH3 is 1. The first-order valence-corrected chi connectivity index (χ1v) is 7.73. The van der Waals surface area contributed by atoms with E-state index in [-0.39, 0.29) is 6.04 Å². The van der Waals surface area contributed by atoms with Gasteiger partial charge in [0.1, 0.15) is 5.75 Å². The second kappa shape index (κ2) is 5.84. The Bertz CT molecular complexity index is 733. The van der Waals surface area contributed by atoms with Gasteiger partial charge in [-0.05, 0) is 25.1 Å². The molecule has 0 amide bonds. The van der Waals surface area contributed by atoms with E-state index in [1.165, 1.54) is 10.3 Å². The number of hydrogen-bond donors (Lipinski definition) is 1. The van der Waals surface area contributed by atoms with Gasteiger partial charge in [-0.15, -0.1) is 11.3 Å². The summed E-state index contributed by atoms with van der Waals surface area (Å²) in [6.07, 6.45) is 0.721. The predicted octanol–water partition coefficient (Wildman–Crippen LogP) is 3.86. The third-order valence-electron chi connectivity index (χ3n) is 3.52. The molecule has 0 bridgehead atoms. The van der Waals surface area contributed by atoms with Crippen LogP contribution in [0.2, 0.25) is 0 Å². The molecule has 21 heavy (non-hydrogen) atoms. The van der Waals surface area contributed by atoms with Crippen LogP contribution in [0, 0.1) is 6.92 Å². The number of thiazole rings is 1. The Labute approximate surface area is 128 Å². The lowest BCUT2D eigenvalue weighted by Gasteiger charge is -2.15. The number of nitrogens with two attached hydrogens (primary N) is 1. The molecule has 3 rings (SSSR count). The molecule has 108 valence electrons. The Morgan fingerprint density at radius 2 is 2.05 bits per heavy atom. The minimum atomic E-state index is -0.111. The van der Waals surface area contributed by atoms with Crippen molar-refractivity contribution < 1.29 is 4.74 Å². The minimum absolute atomic E-state index is 0.111.